The van der Waals surface area contributed by atoms with E-state index in [1.807, 2.05) is 53.1 Å². The third kappa shape index (κ3) is 5.13. The zero-order chi connectivity index (χ0) is 17.9. The summed E-state index contributed by atoms with van der Waals surface area (Å²) in [6, 6.07) is 3.68. The van der Waals surface area contributed by atoms with Crippen molar-refractivity contribution < 1.29 is 14.3 Å². The molecule has 0 radical (unpaired) electrons. The quantitative estimate of drug-likeness (QED) is 0.820. The molecule has 0 aliphatic heterocycles. The molecule has 0 spiro atoms. The van der Waals surface area contributed by atoms with Crippen LogP contribution in [0.3, 0.4) is 0 Å². The molecule has 0 saturated carbocycles. The summed E-state index contributed by atoms with van der Waals surface area (Å²) in [5.74, 6) is 0. The standard InChI is InChI=1S/C17H26N4O3/c1-11(19-16(22)24-17(2,3)4)9-23-10-12-6-14(18)13-8-21(5)20-15(13)7-12/h6-8,11H,9-10,18H2,1-5H3,(H,19,22)/t11-/m1/s1. The van der Waals surface area contributed by atoms with Crippen molar-refractivity contribution in [2.45, 2.75) is 45.9 Å². The predicted molar refractivity (Wildman–Crippen MR) is 93.6 cm³/mol. The van der Waals surface area contributed by atoms with Crippen molar-refractivity contribution in [3.05, 3.63) is 23.9 Å². The Balaban J connectivity index is 1.84. The average Bonchev–Trinajstić information content (AvgIpc) is 2.77. The number of aromatic nitrogens is 2. The van der Waals surface area contributed by atoms with Crippen LogP contribution in [0.15, 0.2) is 18.3 Å². The van der Waals surface area contributed by atoms with E-state index in [-0.39, 0.29) is 6.04 Å². The van der Waals surface area contributed by atoms with E-state index in [1.165, 1.54) is 0 Å². The molecule has 1 heterocycles. The number of hydrogen-bond acceptors (Lipinski definition) is 5. The van der Waals surface area contributed by atoms with Crippen LogP contribution in [0.1, 0.15) is 33.3 Å². The van der Waals surface area contributed by atoms with Gasteiger partial charge in [-0.25, -0.2) is 4.79 Å². The summed E-state index contributed by atoms with van der Waals surface area (Å²) < 4.78 is 12.6. The lowest BCUT2D eigenvalue weighted by Gasteiger charge is -2.22. The van der Waals surface area contributed by atoms with Crippen LogP contribution >= 0.6 is 0 Å². The van der Waals surface area contributed by atoms with Crippen molar-refractivity contribution >= 4 is 22.7 Å². The van der Waals surface area contributed by atoms with Gasteiger partial charge in [0.2, 0.25) is 0 Å². The molecule has 0 bridgehead atoms. The number of benzene rings is 1. The van der Waals surface area contributed by atoms with Gasteiger partial charge in [-0.3, -0.25) is 4.68 Å². The minimum Gasteiger partial charge on any atom is -0.444 e. The van der Waals surface area contributed by atoms with Gasteiger partial charge in [0.05, 0.1) is 24.8 Å². The molecular formula is C17H26N4O3. The fourth-order valence-corrected chi connectivity index (χ4v) is 2.32. The Morgan fingerprint density at radius 3 is 2.79 bits per heavy atom. The van der Waals surface area contributed by atoms with Crippen molar-refractivity contribution in [2.24, 2.45) is 7.05 Å². The zero-order valence-corrected chi connectivity index (χ0v) is 14.9. The number of aryl methyl sites for hydroxylation is 1. The van der Waals surface area contributed by atoms with Crippen LogP contribution in [0.4, 0.5) is 10.5 Å². The maximum Gasteiger partial charge on any atom is 0.407 e. The number of fused-ring (bicyclic) bond motifs is 1. The van der Waals surface area contributed by atoms with Gasteiger partial charge in [0, 0.05) is 24.3 Å². The molecule has 3 N–H and O–H groups in total. The highest BCUT2D eigenvalue weighted by Gasteiger charge is 2.17. The maximum atomic E-state index is 11.7. The first-order valence-corrected chi connectivity index (χ1v) is 7.93. The van der Waals surface area contributed by atoms with E-state index in [1.54, 1.807) is 4.68 Å². The largest absolute Gasteiger partial charge is 0.444 e. The fraction of sp³-hybridized carbons (Fsp3) is 0.529. The number of amides is 1. The van der Waals surface area contributed by atoms with Crippen molar-refractivity contribution in [1.82, 2.24) is 15.1 Å². The minimum atomic E-state index is -0.514. The topological polar surface area (TPSA) is 91.4 Å². The average molecular weight is 334 g/mol. The number of carbonyl (C=O) groups excluding carboxylic acids is 1. The van der Waals surface area contributed by atoms with Crippen LogP contribution in [0, 0.1) is 0 Å². The van der Waals surface area contributed by atoms with E-state index in [0.717, 1.165) is 16.5 Å². The van der Waals surface area contributed by atoms with Crippen LogP contribution in [0.25, 0.3) is 10.9 Å². The first-order chi connectivity index (χ1) is 11.1. The Morgan fingerprint density at radius 2 is 2.12 bits per heavy atom. The highest BCUT2D eigenvalue weighted by Crippen LogP contribution is 2.22. The lowest BCUT2D eigenvalue weighted by atomic mass is 10.1. The summed E-state index contributed by atoms with van der Waals surface area (Å²) in [5.41, 5.74) is 8.00. The Bertz CT molecular complexity index is 718. The number of anilines is 1. The molecule has 0 saturated heterocycles. The van der Waals surface area contributed by atoms with Gasteiger partial charge >= 0.3 is 6.09 Å². The molecule has 0 fully saturated rings. The number of rotatable bonds is 5. The van der Waals surface area contributed by atoms with Gasteiger partial charge in [-0.1, -0.05) is 0 Å². The second-order valence-corrected chi connectivity index (χ2v) is 6.98. The summed E-state index contributed by atoms with van der Waals surface area (Å²) >= 11 is 0. The predicted octanol–water partition coefficient (Wildman–Crippen LogP) is 2.59. The molecule has 0 unspecified atom stereocenters. The van der Waals surface area contributed by atoms with Crippen molar-refractivity contribution in [3.63, 3.8) is 0 Å². The highest BCUT2D eigenvalue weighted by molar-refractivity contribution is 5.90. The Kier molecular flexibility index (Phi) is 5.33. The first-order valence-electron chi connectivity index (χ1n) is 7.93. The third-order valence-electron chi connectivity index (χ3n) is 3.23. The second kappa shape index (κ2) is 7.09. The van der Waals surface area contributed by atoms with Gasteiger partial charge < -0.3 is 20.5 Å². The van der Waals surface area contributed by atoms with Crippen LogP contribution in [-0.4, -0.2) is 34.1 Å². The highest BCUT2D eigenvalue weighted by atomic mass is 16.6. The van der Waals surface area contributed by atoms with E-state index in [2.05, 4.69) is 10.4 Å². The number of nitrogen functional groups attached to an aromatic ring is 1. The second-order valence-electron chi connectivity index (χ2n) is 6.98. The number of carbonyl (C=O) groups is 1. The molecule has 1 aromatic heterocycles. The monoisotopic (exact) mass is 334 g/mol. The van der Waals surface area contributed by atoms with E-state index in [0.29, 0.717) is 18.9 Å². The minimum absolute atomic E-state index is 0.157. The molecule has 1 amide bonds. The molecule has 1 aromatic carbocycles. The Labute approximate surface area is 142 Å². The lowest BCUT2D eigenvalue weighted by molar-refractivity contribution is 0.0442. The summed E-state index contributed by atoms with van der Waals surface area (Å²) in [6.07, 6.45) is 1.44. The Hall–Kier alpha value is -2.28. The fourth-order valence-electron chi connectivity index (χ4n) is 2.32. The maximum absolute atomic E-state index is 11.7. The lowest BCUT2D eigenvalue weighted by Crippen LogP contribution is -2.39. The molecule has 2 aromatic rings. The zero-order valence-electron chi connectivity index (χ0n) is 14.9. The number of hydrogen-bond donors (Lipinski definition) is 2. The molecule has 7 nitrogen and oxygen atoms in total. The molecule has 132 valence electrons. The molecule has 1 atom stereocenters. The number of nitrogens with one attached hydrogen (secondary N) is 1. The summed E-state index contributed by atoms with van der Waals surface area (Å²) in [5, 5.41) is 8.03. The number of nitrogens with zero attached hydrogens (tertiary/aromatic N) is 2. The van der Waals surface area contributed by atoms with Gasteiger partial charge in [-0.15, -0.1) is 0 Å². The molecule has 0 aliphatic rings. The molecular weight excluding hydrogens is 308 g/mol. The number of ether oxygens (including phenoxy) is 2. The van der Waals surface area contributed by atoms with E-state index in [4.69, 9.17) is 15.2 Å². The number of nitrogens with two attached hydrogens (primary N) is 1. The third-order valence-corrected chi connectivity index (χ3v) is 3.23. The van der Waals surface area contributed by atoms with Gasteiger partial charge in [0.25, 0.3) is 0 Å². The normalized spacial score (nSPS) is 13.0. The summed E-state index contributed by atoms with van der Waals surface area (Å²) in [6.45, 7) is 8.11. The van der Waals surface area contributed by atoms with E-state index < -0.39 is 11.7 Å². The van der Waals surface area contributed by atoms with Crippen molar-refractivity contribution in [2.75, 3.05) is 12.3 Å². The van der Waals surface area contributed by atoms with Crippen LogP contribution < -0.4 is 11.1 Å². The van der Waals surface area contributed by atoms with Gasteiger partial charge in [-0.05, 0) is 45.4 Å². The first kappa shape index (κ1) is 18.1. The van der Waals surface area contributed by atoms with Gasteiger partial charge in [-0.2, -0.15) is 5.10 Å². The molecule has 24 heavy (non-hydrogen) atoms. The summed E-state index contributed by atoms with van der Waals surface area (Å²) in [7, 11) is 1.86. The Morgan fingerprint density at radius 1 is 1.42 bits per heavy atom. The SMILES string of the molecule is C[C@H](COCc1cc(N)c2cn(C)nc2c1)NC(=O)OC(C)(C)C. The van der Waals surface area contributed by atoms with Crippen molar-refractivity contribution in [3.8, 4) is 0 Å². The van der Waals surface area contributed by atoms with E-state index in [9.17, 15) is 4.79 Å². The van der Waals surface area contributed by atoms with Crippen LogP contribution in [0.5, 0.6) is 0 Å². The van der Waals surface area contributed by atoms with Crippen molar-refractivity contribution in [1.29, 1.82) is 0 Å². The van der Waals surface area contributed by atoms with Gasteiger partial charge in [0.15, 0.2) is 0 Å². The smallest absolute Gasteiger partial charge is 0.407 e. The molecule has 0 aliphatic carbocycles. The number of alkyl carbamates (subject to hydrolysis) is 1. The van der Waals surface area contributed by atoms with Crippen LogP contribution in [0.2, 0.25) is 0 Å². The van der Waals surface area contributed by atoms with Gasteiger partial charge in [0.1, 0.15) is 5.60 Å². The molecule has 7 heteroatoms. The van der Waals surface area contributed by atoms with Crippen LogP contribution in [-0.2, 0) is 23.1 Å². The van der Waals surface area contributed by atoms with E-state index >= 15 is 0 Å². The summed E-state index contributed by atoms with van der Waals surface area (Å²) in [4.78, 5) is 11.7. The molecule has 2 rings (SSSR count).